The highest BCUT2D eigenvalue weighted by atomic mass is 16.1. The van der Waals surface area contributed by atoms with E-state index in [-0.39, 0.29) is 5.91 Å². The maximum absolute atomic E-state index is 10.9. The van der Waals surface area contributed by atoms with E-state index >= 15 is 0 Å². The van der Waals surface area contributed by atoms with Gasteiger partial charge < -0.3 is 10.2 Å². The second-order valence-corrected chi connectivity index (χ2v) is 3.84. The zero-order chi connectivity index (χ0) is 9.14. The van der Waals surface area contributed by atoms with Crippen LogP contribution in [0.1, 0.15) is 26.7 Å². The van der Waals surface area contributed by atoms with Crippen molar-refractivity contribution >= 4 is 5.91 Å². The Hall–Kier alpha value is -0.570. The fourth-order valence-electron chi connectivity index (χ4n) is 1.37. The Kier molecular flexibility index (Phi) is 3.09. The summed E-state index contributed by atoms with van der Waals surface area (Å²) in [6.07, 6.45) is 1.70. The number of carbonyl (C=O) groups excluding carboxylic acids is 1. The molecule has 70 valence electrons. The van der Waals surface area contributed by atoms with Gasteiger partial charge in [0, 0.05) is 25.0 Å². The number of hydrogen-bond donors (Lipinski definition) is 1. The van der Waals surface area contributed by atoms with E-state index in [4.69, 9.17) is 0 Å². The Morgan fingerprint density at radius 3 is 2.75 bits per heavy atom. The molecule has 1 rings (SSSR count). The smallest absolute Gasteiger partial charge is 0.220 e. The van der Waals surface area contributed by atoms with Gasteiger partial charge in [0.15, 0.2) is 0 Å². The van der Waals surface area contributed by atoms with E-state index < -0.39 is 0 Å². The molecule has 0 spiro atoms. The van der Waals surface area contributed by atoms with Gasteiger partial charge in [-0.1, -0.05) is 0 Å². The lowest BCUT2D eigenvalue weighted by molar-refractivity contribution is -0.119. The van der Waals surface area contributed by atoms with E-state index in [1.165, 1.54) is 0 Å². The topological polar surface area (TPSA) is 32.3 Å². The molecular formula is C9H18N2O. The zero-order valence-electron chi connectivity index (χ0n) is 8.13. The number of nitrogens with zero attached hydrogens (tertiary/aromatic N) is 1. The van der Waals surface area contributed by atoms with Gasteiger partial charge >= 0.3 is 0 Å². The molecule has 0 aromatic carbocycles. The minimum absolute atomic E-state index is 0.206. The van der Waals surface area contributed by atoms with Crippen molar-refractivity contribution in [1.82, 2.24) is 10.2 Å². The third kappa shape index (κ3) is 2.48. The van der Waals surface area contributed by atoms with Gasteiger partial charge in [-0.2, -0.15) is 0 Å². The Labute approximate surface area is 74.1 Å². The van der Waals surface area contributed by atoms with Crippen LogP contribution in [0.4, 0.5) is 0 Å². The third-order valence-electron chi connectivity index (χ3n) is 2.47. The molecule has 1 unspecified atom stereocenters. The molecule has 0 bridgehead atoms. The van der Waals surface area contributed by atoms with E-state index in [0.717, 1.165) is 13.0 Å². The fourth-order valence-corrected chi connectivity index (χ4v) is 1.37. The van der Waals surface area contributed by atoms with Crippen LogP contribution in [-0.2, 0) is 4.79 Å². The molecule has 0 aromatic rings. The van der Waals surface area contributed by atoms with Crippen molar-refractivity contribution in [3.63, 3.8) is 0 Å². The highest BCUT2D eigenvalue weighted by molar-refractivity contribution is 5.78. The number of likely N-dealkylation sites (N-methyl/N-ethyl adjacent to an activating group) is 1. The molecule has 1 amide bonds. The van der Waals surface area contributed by atoms with Crippen molar-refractivity contribution < 1.29 is 4.79 Å². The second kappa shape index (κ2) is 3.90. The van der Waals surface area contributed by atoms with Crippen LogP contribution in [0.2, 0.25) is 0 Å². The van der Waals surface area contributed by atoms with Crippen molar-refractivity contribution in [1.29, 1.82) is 0 Å². The van der Waals surface area contributed by atoms with Crippen LogP contribution in [0.25, 0.3) is 0 Å². The second-order valence-electron chi connectivity index (χ2n) is 3.84. The summed E-state index contributed by atoms with van der Waals surface area (Å²) in [6, 6.07) is 0.937. The summed E-state index contributed by atoms with van der Waals surface area (Å²) in [5.41, 5.74) is 0. The molecule has 0 radical (unpaired) electrons. The summed E-state index contributed by atoms with van der Waals surface area (Å²) < 4.78 is 0. The summed E-state index contributed by atoms with van der Waals surface area (Å²) in [7, 11) is 2.09. The number of amides is 1. The number of carbonyl (C=O) groups is 1. The molecule has 12 heavy (non-hydrogen) atoms. The van der Waals surface area contributed by atoms with E-state index in [1.54, 1.807) is 0 Å². The average molecular weight is 170 g/mol. The van der Waals surface area contributed by atoms with Crippen molar-refractivity contribution in [2.45, 2.75) is 38.8 Å². The lowest BCUT2D eigenvalue weighted by Gasteiger charge is -2.24. The van der Waals surface area contributed by atoms with Gasteiger partial charge in [0.1, 0.15) is 0 Å². The van der Waals surface area contributed by atoms with Gasteiger partial charge in [-0.25, -0.2) is 0 Å². The Morgan fingerprint density at radius 2 is 2.33 bits per heavy atom. The summed E-state index contributed by atoms with van der Waals surface area (Å²) >= 11 is 0. The van der Waals surface area contributed by atoms with Gasteiger partial charge in [-0.05, 0) is 27.3 Å². The molecule has 1 fully saturated rings. The lowest BCUT2D eigenvalue weighted by atomic mass is 10.2. The highest BCUT2D eigenvalue weighted by Gasteiger charge is 2.22. The van der Waals surface area contributed by atoms with Crippen LogP contribution >= 0.6 is 0 Å². The van der Waals surface area contributed by atoms with Crippen molar-refractivity contribution in [3.05, 3.63) is 0 Å². The predicted octanol–water partition coefficient (Wildman–Crippen LogP) is 0.605. The minimum atomic E-state index is 0.206. The first kappa shape index (κ1) is 9.52. The molecule has 3 nitrogen and oxygen atoms in total. The molecule has 0 aromatic heterocycles. The summed E-state index contributed by atoms with van der Waals surface area (Å²) in [5, 5.41) is 2.96. The van der Waals surface area contributed by atoms with E-state index in [0.29, 0.717) is 18.5 Å². The van der Waals surface area contributed by atoms with Crippen molar-refractivity contribution in [3.8, 4) is 0 Å². The van der Waals surface area contributed by atoms with Gasteiger partial charge in [0.2, 0.25) is 5.91 Å². The van der Waals surface area contributed by atoms with E-state index in [9.17, 15) is 4.79 Å². The fraction of sp³-hybridized carbons (Fsp3) is 0.889. The summed E-state index contributed by atoms with van der Waals surface area (Å²) in [4.78, 5) is 13.1. The molecule has 1 heterocycles. The Bertz CT molecular complexity index is 168. The molecule has 0 saturated carbocycles. The third-order valence-corrected chi connectivity index (χ3v) is 2.47. The maximum atomic E-state index is 10.9. The molecule has 1 N–H and O–H groups in total. The number of nitrogens with one attached hydrogen (secondary N) is 1. The van der Waals surface area contributed by atoms with Gasteiger partial charge in [0.25, 0.3) is 0 Å². The zero-order valence-corrected chi connectivity index (χ0v) is 8.13. The first-order valence-corrected chi connectivity index (χ1v) is 4.59. The van der Waals surface area contributed by atoms with Crippen LogP contribution in [0.3, 0.4) is 0 Å². The number of rotatable bonds is 3. The first-order valence-electron chi connectivity index (χ1n) is 4.59. The predicted molar refractivity (Wildman–Crippen MR) is 48.9 cm³/mol. The van der Waals surface area contributed by atoms with Gasteiger partial charge in [-0.15, -0.1) is 0 Å². The van der Waals surface area contributed by atoms with Crippen molar-refractivity contribution in [2.24, 2.45) is 0 Å². The largest absolute Gasteiger partial charge is 0.352 e. The molecule has 0 aliphatic carbocycles. The maximum Gasteiger partial charge on any atom is 0.220 e. The summed E-state index contributed by atoms with van der Waals surface area (Å²) in [6.45, 7) is 5.30. The molecule has 1 aliphatic heterocycles. The standard InChI is InChI=1S/C9H18N2O/c1-7(2)11(3)6-8-4-5-9(12)10-8/h7-8H,4-6H2,1-3H3,(H,10,12). The molecule has 1 aliphatic rings. The van der Waals surface area contributed by atoms with Crippen LogP contribution < -0.4 is 5.32 Å². The van der Waals surface area contributed by atoms with Crippen LogP contribution in [0.5, 0.6) is 0 Å². The number of hydrogen-bond acceptors (Lipinski definition) is 2. The van der Waals surface area contributed by atoms with E-state index in [2.05, 4.69) is 31.1 Å². The SMILES string of the molecule is CC(C)N(C)CC1CCC(=O)N1. The normalized spacial score (nSPS) is 23.8. The van der Waals surface area contributed by atoms with Crippen LogP contribution in [-0.4, -0.2) is 36.5 Å². The van der Waals surface area contributed by atoms with E-state index in [1.807, 2.05) is 0 Å². The van der Waals surface area contributed by atoms with Crippen LogP contribution in [0.15, 0.2) is 0 Å². The lowest BCUT2D eigenvalue weighted by Crippen LogP contribution is -2.39. The summed E-state index contributed by atoms with van der Waals surface area (Å²) in [5.74, 6) is 0.206. The Morgan fingerprint density at radius 1 is 1.67 bits per heavy atom. The molecular weight excluding hydrogens is 152 g/mol. The Balaban J connectivity index is 2.27. The average Bonchev–Trinajstić information content (AvgIpc) is 2.35. The van der Waals surface area contributed by atoms with Crippen molar-refractivity contribution in [2.75, 3.05) is 13.6 Å². The highest BCUT2D eigenvalue weighted by Crippen LogP contribution is 2.08. The van der Waals surface area contributed by atoms with Crippen LogP contribution in [0, 0.1) is 0 Å². The monoisotopic (exact) mass is 170 g/mol. The molecule has 1 atom stereocenters. The minimum Gasteiger partial charge on any atom is -0.352 e. The first-order chi connectivity index (χ1) is 5.59. The molecule has 1 saturated heterocycles. The van der Waals surface area contributed by atoms with Gasteiger partial charge in [0.05, 0.1) is 0 Å². The van der Waals surface area contributed by atoms with Gasteiger partial charge in [-0.3, -0.25) is 4.79 Å². The molecule has 3 heteroatoms. The quantitative estimate of drug-likeness (QED) is 0.673.